The summed E-state index contributed by atoms with van der Waals surface area (Å²) in [5.74, 6) is -0.0352. The molecule has 3 nitrogen and oxygen atoms in total. The SMILES string of the molecule is CC1(C)OB(C(=Cc2ccnc(F)c2)CS)OC1(C)C. The van der Waals surface area contributed by atoms with Crippen molar-refractivity contribution in [3.63, 3.8) is 0 Å². The van der Waals surface area contributed by atoms with Crippen molar-refractivity contribution in [1.29, 1.82) is 0 Å². The molecule has 0 radical (unpaired) electrons. The van der Waals surface area contributed by atoms with Crippen molar-refractivity contribution in [2.24, 2.45) is 0 Å². The molecule has 6 heteroatoms. The average Bonchev–Trinajstić information content (AvgIpc) is 2.55. The van der Waals surface area contributed by atoms with Crippen LogP contribution >= 0.6 is 12.6 Å². The number of nitrogens with zero attached hydrogens (tertiary/aromatic N) is 1. The van der Waals surface area contributed by atoms with Gasteiger partial charge in [-0.3, -0.25) is 0 Å². The van der Waals surface area contributed by atoms with E-state index in [1.165, 1.54) is 12.3 Å². The van der Waals surface area contributed by atoms with Crippen molar-refractivity contribution < 1.29 is 13.7 Å². The third-order valence-corrected chi connectivity index (χ3v) is 4.21. The zero-order valence-corrected chi connectivity index (χ0v) is 13.1. The van der Waals surface area contributed by atoms with Crippen LogP contribution < -0.4 is 0 Å². The maximum absolute atomic E-state index is 13.1. The summed E-state index contributed by atoms with van der Waals surface area (Å²) in [7, 11) is -0.464. The summed E-state index contributed by atoms with van der Waals surface area (Å²) < 4.78 is 25.1. The van der Waals surface area contributed by atoms with Crippen LogP contribution in [0.25, 0.3) is 6.08 Å². The lowest BCUT2D eigenvalue weighted by Crippen LogP contribution is -2.41. The quantitative estimate of drug-likeness (QED) is 0.528. The number of rotatable bonds is 3. The Balaban J connectivity index is 2.26. The highest BCUT2D eigenvalue weighted by molar-refractivity contribution is 7.80. The third kappa shape index (κ3) is 3.08. The second-order valence-electron chi connectivity index (χ2n) is 5.88. The van der Waals surface area contributed by atoms with E-state index in [2.05, 4.69) is 17.6 Å². The Morgan fingerprint density at radius 3 is 2.45 bits per heavy atom. The lowest BCUT2D eigenvalue weighted by molar-refractivity contribution is 0.00578. The lowest BCUT2D eigenvalue weighted by Gasteiger charge is -2.32. The molecule has 20 heavy (non-hydrogen) atoms. The van der Waals surface area contributed by atoms with Crippen LogP contribution in [0.15, 0.2) is 23.8 Å². The Kier molecular flexibility index (Phi) is 4.28. The first-order chi connectivity index (χ1) is 9.25. The van der Waals surface area contributed by atoms with Gasteiger partial charge in [0.2, 0.25) is 5.95 Å². The number of aromatic nitrogens is 1. The van der Waals surface area contributed by atoms with Crippen molar-refractivity contribution in [2.45, 2.75) is 38.9 Å². The van der Waals surface area contributed by atoms with Crippen LogP contribution in [0.5, 0.6) is 0 Å². The fourth-order valence-electron chi connectivity index (χ4n) is 1.90. The number of thiol groups is 1. The first-order valence-corrected chi connectivity index (χ1v) is 7.17. The molecule has 0 amide bonds. The number of hydrogen-bond acceptors (Lipinski definition) is 4. The molecule has 0 atom stereocenters. The molecule has 108 valence electrons. The highest BCUT2D eigenvalue weighted by atomic mass is 32.1. The van der Waals surface area contributed by atoms with Gasteiger partial charge in [0, 0.05) is 18.0 Å². The maximum Gasteiger partial charge on any atom is 0.491 e. The summed E-state index contributed by atoms with van der Waals surface area (Å²) in [6.45, 7) is 7.98. The highest BCUT2D eigenvalue weighted by Gasteiger charge is 2.52. The van der Waals surface area contributed by atoms with E-state index in [4.69, 9.17) is 9.31 Å². The van der Waals surface area contributed by atoms with E-state index >= 15 is 0 Å². The molecule has 0 aromatic carbocycles. The lowest BCUT2D eigenvalue weighted by atomic mass is 9.78. The summed E-state index contributed by atoms with van der Waals surface area (Å²) in [6.07, 6.45) is 3.27. The van der Waals surface area contributed by atoms with Gasteiger partial charge in [0.15, 0.2) is 0 Å². The number of hydrogen-bond donors (Lipinski definition) is 1. The Morgan fingerprint density at radius 1 is 1.35 bits per heavy atom. The van der Waals surface area contributed by atoms with Crippen LogP contribution in [0.3, 0.4) is 0 Å². The predicted octanol–water partition coefficient (Wildman–Crippen LogP) is 3.17. The Hall–Kier alpha value is -0.845. The molecule has 1 saturated heterocycles. The van der Waals surface area contributed by atoms with Crippen LogP contribution in [0, 0.1) is 5.95 Å². The smallest absolute Gasteiger partial charge is 0.400 e. The molecule has 2 heterocycles. The molecule has 1 aromatic rings. The summed E-state index contributed by atoms with van der Waals surface area (Å²) >= 11 is 4.32. The third-order valence-electron chi connectivity index (χ3n) is 3.84. The summed E-state index contributed by atoms with van der Waals surface area (Å²) in [5.41, 5.74) is 0.778. The van der Waals surface area contributed by atoms with E-state index < -0.39 is 24.3 Å². The van der Waals surface area contributed by atoms with Crippen LogP contribution in [0.2, 0.25) is 0 Å². The van der Waals surface area contributed by atoms with Gasteiger partial charge in [-0.2, -0.15) is 17.0 Å². The minimum Gasteiger partial charge on any atom is -0.400 e. The second kappa shape index (κ2) is 5.50. The molecule has 1 aromatic heterocycles. The number of pyridine rings is 1. The predicted molar refractivity (Wildman–Crippen MR) is 82.1 cm³/mol. The molecule has 0 N–H and O–H groups in total. The first-order valence-electron chi connectivity index (χ1n) is 6.54. The van der Waals surface area contributed by atoms with Crippen molar-refractivity contribution in [3.8, 4) is 0 Å². The molecule has 0 unspecified atom stereocenters. The highest BCUT2D eigenvalue weighted by Crippen LogP contribution is 2.38. The van der Waals surface area contributed by atoms with E-state index in [0.29, 0.717) is 5.75 Å². The standard InChI is InChI=1S/C14H19BFNO2S/c1-13(2)14(3,4)19-15(18-13)11(9-20)7-10-5-6-17-12(16)8-10/h5-8,20H,9H2,1-4H3. The van der Waals surface area contributed by atoms with Crippen molar-refractivity contribution >= 4 is 25.8 Å². The minimum absolute atomic E-state index is 0.400. The fraction of sp³-hybridized carbons (Fsp3) is 0.500. The second-order valence-corrected chi connectivity index (χ2v) is 6.19. The maximum atomic E-state index is 13.1. The number of halogens is 1. The first kappa shape index (κ1) is 15.5. The van der Waals surface area contributed by atoms with Gasteiger partial charge < -0.3 is 9.31 Å². The van der Waals surface area contributed by atoms with Crippen molar-refractivity contribution in [1.82, 2.24) is 4.98 Å². The summed E-state index contributed by atoms with van der Waals surface area (Å²) in [6, 6.07) is 3.10. The monoisotopic (exact) mass is 295 g/mol. The van der Waals surface area contributed by atoms with Crippen LogP contribution in [0.4, 0.5) is 4.39 Å². The van der Waals surface area contributed by atoms with Crippen LogP contribution in [-0.4, -0.2) is 29.1 Å². The van der Waals surface area contributed by atoms with Gasteiger partial charge in [0.05, 0.1) is 11.2 Å². The van der Waals surface area contributed by atoms with Crippen molar-refractivity contribution in [2.75, 3.05) is 5.75 Å². The van der Waals surface area contributed by atoms with Crippen LogP contribution in [-0.2, 0) is 9.31 Å². The average molecular weight is 295 g/mol. The molecule has 1 aliphatic rings. The van der Waals surface area contributed by atoms with E-state index in [-0.39, 0.29) is 0 Å². The van der Waals surface area contributed by atoms with Gasteiger partial charge in [-0.15, -0.1) is 0 Å². The van der Waals surface area contributed by atoms with E-state index in [9.17, 15) is 4.39 Å². The van der Waals surface area contributed by atoms with E-state index in [1.54, 1.807) is 6.07 Å². The molecule has 1 fully saturated rings. The Morgan fingerprint density at radius 2 is 1.95 bits per heavy atom. The molecule has 0 aliphatic carbocycles. The minimum atomic E-state index is -0.508. The molecule has 1 aliphatic heterocycles. The van der Waals surface area contributed by atoms with Gasteiger partial charge >= 0.3 is 7.12 Å². The van der Waals surface area contributed by atoms with Crippen LogP contribution in [0.1, 0.15) is 33.3 Å². The zero-order chi connectivity index (χ0) is 15.0. The van der Waals surface area contributed by atoms with E-state index in [0.717, 1.165) is 11.0 Å². The summed E-state index contributed by atoms with van der Waals surface area (Å²) in [4.78, 5) is 3.54. The van der Waals surface area contributed by atoms with Gasteiger partial charge in [-0.25, -0.2) is 4.98 Å². The zero-order valence-electron chi connectivity index (χ0n) is 12.2. The molecule has 0 bridgehead atoms. The normalized spacial score (nSPS) is 21.3. The van der Waals surface area contributed by atoms with Gasteiger partial charge in [0.1, 0.15) is 0 Å². The van der Waals surface area contributed by atoms with Gasteiger partial charge in [-0.1, -0.05) is 6.08 Å². The van der Waals surface area contributed by atoms with Crippen molar-refractivity contribution in [3.05, 3.63) is 35.3 Å². The largest absolute Gasteiger partial charge is 0.491 e. The topological polar surface area (TPSA) is 31.4 Å². The molecular weight excluding hydrogens is 276 g/mol. The molecule has 0 spiro atoms. The Labute approximate surface area is 125 Å². The molecular formula is C14H19BFNO2S. The Bertz CT molecular complexity index is 518. The van der Waals surface area contributed by atoms with Gasteiger partial charge in [-0.05, 0) is 44.8 Å². The van der Waals surface area contributed by atoms with E-state index in [1.807, 2.05) is 33.8 Å². The fourth-order valence-corrected chi connectivity index (χ4v) is 2.14. The van der Waals surface area contributed by atoms with Gasteiger partial charge in [0.25, 0.3) is 0 Å². The molecule has 2 rings (SSSR count). The summed E-state index contributed by atoms with van der Waals surface area (Å²) in [5, 5.41) is 0. The molecule has 0 saturated carbocycles.